The largest absolute Gasteiger partial charge is 0.396 e. The molecule has 0 radical (unpaired) electrons. The van der Waals surface area contributed by atoms with Crippen molar-refractivity contribution in [3.8, 4) is 11.4 Å². The van der Waals surface area contributed by atoms with Gasteiger partial charge in [0.15, 0.2) is 11.5 Å². The van der Waals surface area contributed by atoms with E-state index in [0.717, 1.165) is 31.7 Å². The molecule has 24 heavy (non-hydrogen) atoms. The van der Waals surface area contributed by atoms with Crippen LogP contribution in [-0.2, 0) is 0 Å². The highest BCUT2D eigenvalue weighted by Crippen LogP contribution is 2.24. The first-order valence-electron chi connectivity index (χ1n) is 8.09. The molecular weight excluding hydrogens is 309 g/mol. The number of fused-ring (bicyclic) bond motifs is 1. The molecule has 124 valence electrons. The van der Waals surface area contributed by atoms with Gasteiger partial charge in [-0.05, 0) is 43.0 Å². The number of hydrogen-bond donors (Lipinski definition) is 1. The number of piperidine rings is 1. The van der Waals surface area contributed by atoms with E-state index in [4.69, 9.17) is 0 Å². The second kappa shape index (κ2) is 6.16. The molecule has 6 nitrogen and oxygen atoms in total. The fourth-order valence-electron chi connectivity index (χ4n) is 3.18. The molecule has 3 heterocycles. The number of aliphatic hydroxyl groups is 1. The second-order valence-corrected chi connectivity index (χ2v) is 6.10. The van der Waals surface area contributed by atoms with E-state index in [0.29, 0.717) is 17.0 Å². The van der Waals surface area contributed by atoms with Crippen LogP contribution in [0.5, 0.6) is 0 Å². The molecule has 7 heteroatoms. The maximum atomic E-state index is 14.1. The number of aromatic nitrogens is 4. The Kier molecular flexibility index (Phi) is 3.86. The maximum absolute atomic E-state index is 14.1. The van der Waals surface area contributed by atoms with Crippen LogP contribution in [0.2, 0.25) is 0 Å². The summed E-state index contributed by atoms with van der Waals surface area (Å²) >= 11 is 0. The van der Waals surface area contributed by atoms with Crippen LogP contribution in [-0.4, -0.2) is 44.6 Å². The summed E-state index contributed by atoms with van der Waals surface area (Å²) in [4.78, 5) is 2.15. The van der Waals surface area contributed by atoms with Gasteiger partial charge in [0.1, 0.15) is 11.6 Å². The molecule has 1 N–H and O–H groups in total. The fraction of sp³-hybridized carbons (Fsp3) is 0.353. The van der Waals surface area contributed by atoms with Gasteiger partial charge in [-0.1, -0.05) is 12.1 Å². The van der Waals surface area contributed by atoms with Crippen molar-refractivity contribution in [2.45, 2.75) is 12.8 Å². The molecule has 1 aromatic carbocycles. The number of hydrogen-bond acceptors (Lipinski definition) is 5. The molecule has 1 atom stereocenters. The minimum atomic E-state index is -0.350. The zero-order chi connectivity index (χ0) is 16.5. The Hall–Kier alpha value is -2.54. The SMILES string of the molecule is OC[C@H]1CCCN(c2ccc3nnc(-c4ccccc4F)n3n2)C1. The summed E-state index contributed by atoms with van der Waals surface area (Å²) in [7, 11) is 0. The van der Waals surface area contributed by atoms with Gasteiger partial charge in [0.25, 0.3) is 0 Å². The summed E-state index contributed by atoms with van der Waals surface area (Å²) in [5, 5.41) is 22.2. The van der Waals surface area contributed by atoms with Crippen molar-refractivity contribution < 1.29 is 9.50 Å². The van der Waals surface area contributed by atoms with Crippen LogP contribution in [0.4, 0.5) is 10.2 Å². The summed E-state index contributed by atoms with van der Waals surface area (Å²) in [5.74, 6) is 1.10. The van der Waals surface area contributed by atoms with E-state index >= 15 is 0 Å². The third kappa shape index (κ3) is 2.60. The van der Waals surface area contributed by atoms with Crippen LogP contribution in [0.15, 0.2) is 36.4 Å². The first-order valence-corrected chi connectivity index (χ1v) is 8.09. The molecule has 1 saturated heterocycles. The first-order chi connectivity index (χ1) is 11.8. The molecule has 0 unspecified atom stereocenters. The summed E-state index contributed by atoms with van der Waals surface area (Å²) in [6.07, 6.45) is 2.05. The molecule has 1 aliphatic heterocycles. The number of benzene rings is 1. The Bertz CT molecular complexity index is 865. The molecule has 4 rings (SSSR count). The summed E-state index contributed by atoms with van der Waals surface area (Å²) < 4.78 is 15.7. The van der Waals surface area contributed by atoms with E-state index in [1.54, 1.807) is 22.7 Å². The van der Waals surface area contributed by atoms with E-state index in [9.17, 15) is 9.50 Å². The van der Waals surface area contributed by atoms with Gasteiger partial charge >= 0.3 is 0 Å². The second-order valence-electron chi connectivity index (χ2n) is 6.10. The molecule has 3 aromatic rings. The minimum absolute atomic E-state index is 0.186. The molecule has 0 spiro atoms. The van der Waals surface area contributed by atoms with Crippen LogP contribution in [0, 0.1) is 11.7 Å². The van der Waals surface area contributed by atoms with Gasteiger partial charge in [-0.25, -0.2) is 4.39 Å². The smallest absolute Gasteiger partial charge is 0.188 e. The summed E-state index contributed by atoms with van der Waals surface area (Å²) in [6, 6.07) is 10.2. The lowest BCUT2D eigenvalue weighted by atomic mass is 9.99. The van der Waals surface area contributed by atoms with E-state index in [1.807, 2.05) is 12.1 Å². The normalized spacial score (nSPS) is 18.2. The average molecular weight is 327 g/mol. The zero-order valence-corrected chi connectivity index (χ0v) is 13.1. The number of aliphatic hydroxyl groups excluding tert-OH is 1. The summed E-state index contributed by atoms with van der Waals surface area (Å²) in [5.41, 5.74) is 0.953. The van der Waals surface area contributed by atoms with Gasteiger partial charge in [-0.15, -0.1) is 15.3 Å². The lowest BCUT2D eigenvalue weighted by molar-refractivity contribution is 0.208. The Morgan fingerprint density at radius 1 is 1.17 bits per heavy atom. The van der Waals surface area contributed by atoms with Crippen LogP contribution < -0.4 is 4.90 Å². The minimum Gasteiger partial charge on any atom is -0.396 e. The number of halogens is 1. The number of rotatable bonds is 3. The van der Waals surface area contributed by atoms with E-state index in [-0.39, 0.29) is 18.3 Å². The quantitative estimate of drug-likeness (QED) is 0.798. The van der Waals surface area contributed by atoms with Crippen LogP contribution in [0.3, 0.4) is 0 Å². The zero-order valence-electron chi connectivity index (χ0n) is 13.1. The van der Waals surface area contributed by atoms with Crippen molar-refractivity contribution in [3.63, 3.8) is 0 Å². The standard InChI is InChI=1S/C17H18FN5O/c18-14-6-2-1-5-13(14)17-20-19-15-7-8-16(21-23(15)17)22-9-3-4-12(10-22)11-24/h1-2,5-8,12,24H,3-4,9-11H2/t12-/m0/s1. The first kappa shape index (κ1) is 15.0. The predicted octanol–water partition coefficient (Wildman–Crippen LogP) is 2.14. The Labute approximate surface area is 138 Å². The summed E-state index contributed by atoms with van der Waals surface area (Å²) in [6.45, 7) is 1.85. The third-order valence-corrected chi connectivity index (χ3v) is 4.46. The molecule has 1 fully saturated rings. The van der Waals surface area contributed by atoms with E-state index < -0.39 is 0 Å². The average Bonchev–Trinajstić information content (AvgIpc) is 3.05. The number of anilines is 1. The van der Waals surface area contributed by atoms with Gasteiger partial charge in [0.05, 0.1) is 5.56 Å². The highest BCUT2D eigenvalue weighted by atomic mass is 19.1. The molecule has 1 aliphatic rings. The molecule has 2 aromatic heterocycles. The Morgan fingerprint density at radius 2 is 2.04 bits per heavy atom. The van der Waals surface area contributed by atoms with Crippen molar-refractivity contribution in [1.82, 2.24) is 19.8 Å². The van der Waals surface area contributed by atoms with Crippen molar-refractivity contribution in [3.05, 3.63) is 42.2 Å². The fourth-order valence-corrected chi connectivity index (χ4v) is 3.18. The highest BCUT2D eigenvalue weighted by molar-refractivity contribution is 5.60. The lowest BCUT2D eigenvalue weighted by Gasteiger charge is -2.32. The molecule has 0 amide bonds. The van der Waals surface area contributed by atoms with Crippen molar-refractivity contribution in [1.29, 1.82) is 0 Å². The van der Waals surface area contributed by atoms with Crippen molar-refractivity contribution in [2.24, 2.45) is 5.92 Å². The van der Waals surface area contributed by atoms with Gasteiger partial charge in [-0.3, -0.25) is 0 Å². The van der Waals surface area contributed by atoms with Crippen LogP contribution in [0.25, 0.3) is 17.0 Å². The molecule has 0 bridgehead atoms. The van der Waals surface area contributed by atoms with Crippen molar-refractivity contribution in [2.75, 3.05) is 24.6 Å². The van der Waals surface area contributed by atoms with Crippen molar-refractivity contribution >= 4 is 11.5 Å². The van der Waals surface area contributed by atoms with Gasteiger partial charge in [-0.2, -0.15) is 4.52 Å². The highest BCUT2D eigenvalue weighted by Gasteiger charge is 2.21. The predicted molar refractivity (Wildman–Crippen MR) is 88.2 cm³/mol. The number of nitrogens with zero attached hydrogens (tertiary/aromatic N) is 5. The molecule has 0 saturated carbocycles. The van der Waals surface area contributed by atoms with Gasteiger partial charge in [0, 0.05) is 19.7 Å². The van der Waals surface area contributed by atoms with Crippen LogP contribution >= 0.6 is 0 Å². The maximum Gasteiger partial charge on any atom is 0.188 e. The topological polar surface area (TPSA) is 66.5 Å². The van der Waals surface area contributed by atoms with Gasteiger partial charge < -0.3 is 10.0 Å². The Morgan fingerprint density at radius 3 is 2.88 bits per heavy atom. The monoisotopic (exact) mass is 327 g/mol. The van der Waals surface area contributed by atoms with Crippen LogP contribution in [0.1, 0.15) is 12.8 Å². The van der Waals surface area contributed by atoms with E-state index in [2.05, 4.69) is 20.2 Å². The van der Waals surface area contributed by atoms with E-state index in [1.165, 1.54) is 6.07 Å². The Balaban J connectivity index is 1.75. The molecule has 0 aliphatic carbocycles. The van der Waals surface area contributed by atoms with Gasteiger partial charge in [0.2, 0.25) is 0 Å². The molecular formula is C17H18FN5O. The third-order valence-electron chi connectivity index (χ3n) is 4.46. The lowest BCUT2D eigenvalue weighted by Crippen LogP contribution is -2.37.